The fourth-order valence-electron chi connectivity index (χ4n) is 3.07. The van der Waals surface area contributed by atoms with Gasteiger partial charge in [0.15, 0.2) is 0 Å². The molecule has 14 heteroatoms. The van der Waals surface area contributed by atoms with Crippen LogP contribution in [0.4, 0.5) is 0 Å². The van der Waals surface area contributed by atoms with E-state index in [1.807, 2.05) is 0 Å². The van der Waals surface area contributed by atoms with Crippen LogP contribution in [0.3, 0.4) is 0 Å². The summed E-state index contributed by atoms with van der Waals surface area (Å²) >= 11 is 0. The Morgan fingerprint density at radius 3 is 0.737 bits per heavy atom. The third kappa shape index (κ3) is 35.5. The van der Waals surface area contributed by atoms with E-state index < -0.39 is 39.8 Å². The van der Waals surface area contributed by atoms with Crippen molar-refractivity contribution in [3.8, 4) is 0 Å². The van der Waals surface area contributed by atoms with Crippen LogP contribution in [0, 0.1) is 0 Å². The van der Waals surface area contributed by atoms with Crippen LogP contribution in [-0.2, 0) is 48.4 Å². The van der Waals surface area contributed by atoms with E-state index in [2.05, 4.69) is 20.8 Å². The van der Waals surface area contributed by atoms with E-state index in [0.717, 1.165) is 77.0 Å². The first-order valence-corrected chi connectivity index (χ1v) is 18.3. The van der Waals surface area contributed by atoms with Gasteiger partial charge in [0.2, 0.25) is 0 Å². The summed E-state index contributed by atoms with van der Waals surface area (Å²) in [4.78, 5) is 62.8. The summed E-state index contributed by atoms with van der Waals surface area (Å²) < 4.78 is 31.4. The van der Waals surface area contributed by atoms with Crippen molar-refractivity contribution in [3.05, 3.63) is 0 Å². The summed E-state index contributed by atoms with van der Waals surface area (Å²) in [6.07, 6.45) is 13.9. The molecule has 0 aliphatic rings. The topological polar surface area (TPSA) is 190 Å². The molecule has 0 aromatic carbocycles. The standard InChI is InChI=1S/3C8H19O3P.2Cr/c3*1-3-4-5-6-7-8(2)12(9,10)11;;/h3*8H,3-7H2,1-2H3,(H2,9,10,11);;/q;;;2*+3/p-6. The second-order valence-electron chi connectivity index (χ2n) is 9.71. The van der Waals surface area contributed by atoms with E-state index in [1.165, 1.54) is 20.8 Å². The Hall–Kier alpha value is 1.51. The molecule has 0 aromatic heterocycles. The molecule has 228 valence electrons. The average Bonchev–Trinajstić information content (AvgIpc) is 2.75. The van der Waals surface area contributed by atoms with E-state index in [4.69, 9.17) is 0 Å². The molecule has 38 heavy (non-hydrogen) atoms. The molecule has 3 unspecified atom stereocenters. The van der Waals surface area contributed by atoms with Crippen molar-refractivity contribution >= 4 is 22.8 Å². The molecule has 0 fully saturated rings. The van der Waals surface area contributed by atoms with Crippen molar-refractivity contribution in [2.75, 3.05) is 0 Å². The molecule has 0 saturated carbocycles. The van der Waals surface area contributed by atoms with Crippen LogP contribution in [-0.4, -0.2) is 17.0 Å². The zero-order valence-corrected chi connectivity index (χ0v) is 29.4. The van der Waals surface area contributed by atoms with Crippen molar-refractivity contribution in [2.45, 2.75) is 155 Å². The minimum Gasteiger partial charge on any atom is -0.811 e. The molecule has 0 saturated heterocycles. The molecule has 0 spiro atoms. The second kappa shape index (κ2) is 28.6. The first kappa shape index (κ1) is 49.2. The Labute approximate surface area is 254 Å². The van der Waals surface area contributed by atoms with Crippen LogP contribution >= 0.6 is 22.8 Å². The fourth-order valence-corrected chi connectivity index (χ4v) is 4.57. The van der Waals surface area contributed by atoms with Crippen LogP contribution in [0.5, 0.6) is 0 Å². The molecular weight excluding hydrogens is 629 g/mol. The summed E-state index contributed by atoms with van der Waals surface area (Å²) in [5, 5.41) is 0. The Bertz CT molecular complexity index is 554. The van der Waals surface area contributed by atoms with Gasteiger partial charge in [-0.25, -0.2) is 0 Å². The van der Waals surface area contributed by atoms with Crippen LogP contribution in [0.15, 0.2) is 0 Å². The van der Waals surface area contributed by atoms with Gasteiger partial charge in [-0.1, -0.05) is 141 Å². The van der Waals surface area contributed by atoms with E-state index >= 15 is 0 Å². The predicted octanol–water partition coefficient (Wildman–Crippen LogP) is 3.77. The first-order chi connectivity index (χ1) is 16.4. The van der Waals surface area contributed by atoms with Crippen molar-refractivity contribution in [1.82, 2.24) is 0 Å². The zero-order chi connectivity index (χ0) is 28.8. The van der Waals surface area contributed by atoms with Crippen LogP contribution in [0.1, 0.15) is 138 Å². The maximum Gasteiger partial charge on any atom is 3.00 e. The fraction of sp³-hybridized carbons (Fsp3) is 1.00. The van der Waals surface area contributed by atoms with E-state index in [-0.39, 0.29) is 34.7 Å². The maximum atomic E-state index is 10.5. The predicted molar refractivity (Wildman–Crippen MR) is 137 cm³/mol. The van der Waals surface area contributed by atoms with Gasteiger partial charge < -0.3 is 43.1 Å². The monoisotopic (exact) mass is 680 g/mol. The van der Waals surface area contributed by atoms with Gasteiger partial charge in [0.05, 0.1) is 0 Å². The molecule has 0 rings (SSSR count). The number of unbranched alkanes of at least 4 members (excludes halogenated alkanes) is 9. The van der Waals surface area contributed by atoms with E-state index in [0.29, 0.717) is 19.3 Å². The van der Waals surface area contributed by atoms with Gasteiger partial charge in [-0.2, -0.15) is 0 Å². The van der Waals surface area contributed by atoms with Gasteiger partial charge in [-0.05, 0) is 36.2 Å². The van der Waals surface area contributed by atoms with E-state index in [9.17, 15) is 43.1 Å². The summed E-state index contributed by atoms with van der Waals surface area (Å²) in [6, 6.07) is 0. The number of hydrogen-bond donors (Lipinski definition) is 0. The van der Waals surface area contributed by atoms with Gasteiger partial charge in [0.25, 0.3) is 0 Å². The largest absolute Gasteiger partial charge is 3.00 e. The first-order valence-electron chi connectivity index (χ1n) is 13.5. The van der Waals surface area contributed by atoms with Gasteiger partial charge >= 0.3 is 34.7 Å². The van der Waals surface area contributed by atoms with Crippen LogP contribution in [0.25, 0.3) is 0 Å². The van der Waals surface area contributed by atoms with Gasteiger partial charge in [0, 0.05) is 0 Å². The molecule has 0 bridgehead atoms. The minimum absolute atomic E-state index is 0. The summed E-state index contributed by atoms with van der Waals surface area (Å²) in [7, 11) is -12.9. The molecule has 9 nitrogen and oxygen atoms in total. The maximum absolute atomic E-state index is 10.5. The van der Waals surface area contributed by atoms with E-state index in [1.54, 1.807) is 0 Å². The summed E-state index contributed by atoms with van der Waals surface area (Å²) in [5.74, 6) is 0. The van der Waals surface area contributed by atoms with Crippen molar-refractivity contribution in [3.63, 3.8) is 0 Å². The zero-order valence-electron chi connectivity index (χ0n) is 24.2. The number of rotatable bonds is 18. The van der Waals surface area contributed by atoms with Gasteiger partial charge in [-0.15, -0.1) is 0 Å². The molecule has 2 radical (unpaired) electrons. The summed E-state index contributed by atoms with van der Waals surface area (Å²) in [6.45, 7) is 10.8. The molecule has 0 amide bonds. The SMILES string of the molecule is CCCCCCC(C)P(=O)([O-])[O-].CCCCCCC(C)P(=O)([O-])[O-].CCCCCCC(C)P(=O)([O-])[O-].[Cr+3].[Cr+3]. The Kier molecular flexibility index (Phi) is 37.1. The third-order valence-electron chi connectivity index (χ3n) is 6.05. The van der Waals surface area contributed by atoms with Crippen molar-refractivity contribution in [1.29, 1.82) is 0 Å². The molecule has 0 N–H and O–H groups in total. The van der Waals surface area contributed by atoms with Crippen molar-refractivity contribution < 1.29 is 77.8 Å². The molecular formula is C24H51Cr2O9P3. The van der Waals surface area contributed by atoms with Crippen LogP contribution in [0.2, 0.25) is 0 Å². The Morgan fingerprint density at radius 2 is 0.605 bits per heavy atom. The Balaban J connectivity index is -0.000000140. The summed E-state index contributed by atoms with van der Waals surface area (Å²) in [5.41, 5.74) is -2.06. The molecule has 0 aromatic rings. The minimum atomic E-state index is -4.31. The van der Waals surface area contributed by atoms with Crippen molar-refractivity contribution in [2.24, 2.45) is 0 Å². The second-order valence-corrected chi connectivity index (χ2v) is 15.6. The van der Waals surface area contributed by atoms with Gasteiger partial charge in [-0.3, -0.25) is 0 Å². The molecule has 3 atom stereocenters. The third-order valence-corrected chi connectivity index (χ3v) is 10.1. The Morgan fingerprint density at radius 1 is 0.421 bits per heavy atom. The van der Waals surface area contributed by atoms with Gasteiger partial charge in [0.1, 0.15) is 0 Å². The smallest absolute Gasteiger partial charge is 0.811 e. The number of hydrogen-bond acceptors (Lipinski definition) is 9. The average molecular weight is 681 g/mol. The molecule has 0 aliphatic heterocycles. The molecule has 0 aliphatic carbocycles. The quantitative estimate of drug-likeness (QED) is 0.153. The molecule has 0 heterocycles. The van der Waals surface area contributed by atoms with Crippen LogP contribution < -0.4 is 29.4 Å². The normalized spacial score (nSPS) is 13.9.